The molecule has 0 aliphatic carbocycles. The Bertz CT molecular complexity index is 588. The normalized spacial score (nSPS) is 11.9. The quantitative estimate of drug-likeness (QED) is 0.339. The minimum atomic E-state index is -1.41. The van der Waals surface area contributed by atoms with Gasteiger partial charge in [0.25, 0.3) is 0 Å². The topological polar surface area (TPSA) is 108 Å². The minimum Gasteiger partial charge on any atom is -0.476 e. The van der Waals surface area contributed by atoms with E-state index in [1.54, 1.807) is 20.8 Å². The Morgan fingerprint density at radius 2 is 1.81 bits per heavy atom. The first-order chi connectivity index (χ1) is 9.71. The van der Waals surface area contributed by atoms with Crippen LogP contribution >= 0.6 is 0 Å². The van der Waals surface area contributed by atoms with Crippen molar-refractivity contribution in [1.82, 2.24) is 0 Å². The first-order valence-electron chi connectivity index (χ1n) is 6.21. The Morgan fingerprint density at radius 1 is 1.24 bits per heavy atom. The Hall–Kier alpha value is -2.57. The average Bonchev–Trinajstić information content (AvgIpc) is 2.36. The van der Waals surface area contributed by atoms with Crippen LogP contribution in [-0.2, 0) is 9.53 Å². The van der Waals surface area contributed by atoms with Crippen molar-refractivity contribution in [1.29, 1.82) is 0 Å². The fourth-order valence-electron chi connectivity index (χ4n) is 1.73. The summed E-state index contributed by atoms with van der Waals surface area (Å²) in [5.41, 5.74) is -0.770. The van der Waals surface area contributed by atoms with Gasteiger partial charge in [-0.05, 0) is 26.8 Å². The number of rotatable bonds is 4. The molecule has 0 radical (unpaired) electrons. The van der Waals surface area contributed by atoms with Crippen molar-refractivity contribution >= 4 is 23.3 Å². The lowest BCUT2D eigenvalue weighted by Gasteiger charge is -2.21. The molecule has 0 saturated heterocycles. The molecule has 0 unspecified atom stereocenters. The zero-order valence-electron chi connectivity index (χ0n) is 12.3. The zero-order valence-corrected chi connectivity index (χ0v) is 12.3. The van der Waals surface area contributed by atoms with Crippen LogP contribution in [0.25, 0.3) is 0 Å². The number of hydrogen-bond donors (Lipinski definition) is 3. The maximum atomic E-state index is 12.2. The van der Waals surface area contributed by atoms with Crippen LogP contribution in [0.5, 0.6) is 0 Å². The second-order valence-electron chi connectivity index (χ2n) is 5.23. The predicted molar refractivity (Wildman–Crippen MR) is 77.1 cm³/mol. The molecular formula is C14H18N2O5. The number of nitrogens with zero attached hydrogens (tertiary/aromatic N) is 1. The average molecular weight is 294 g/mol. The van der Waals surface area contributed by atoms with Gasteiger partial charge in [-0.2, -0.15) is 0 Å². The number of carbonyl (C=O) groups is 2. The molecule has 1 aromatic rings. The number of hydrogen-bond acceptors (Lipinski definition) is 6. The third-order valence-electron chi connectivity index (χ3n) is 2.49. The van der Waals surface area contributed by atoms with Crippen molar-refractivity contribution < 1.29 is 24.6 Å². The van der Waals surface area contributed by atoms with Crippen molar-refractivity contribution in [2.45, 2.75) is 26.4 Å². The molecule has 0 spiro atoms. The Morgan fingerprint density at radius 3 is 2.24 bits per heavy atom. The van der Waals surface area contributed by atoms with E-state index >= 15 is 0 Å². The first kappa shape index (κ1) is 16.5. The van der Waals surface area contributed by atoms with E-state index in [0.717, 1.165) is 0 Å². The standard InChI is InChI=1S/C14H18N2O5/c1-14(2,3)21-13(19)9-7-5-6-8(10(9)15-4)11(16-20)12(17)18/h5-7,15,20H,1-4H3,(H,17,18). The lowest BCUT2D eigenvalue weighted by atomic mass is 10.0. The molecule has 3 N–H and O–H groups in total. The highest BCUT2D eigenvalue weighted by Crippen LogP contribution is 2.24. The number of nitrogens with one attached hydrogen (secondary N) is 1. The number of carboxylic acid groups (broad SMARTS) is 1. The van der Waals surface area contributed by atoms with Gasteiger partial charge in [0.05, 0.1) is 11.3 Å². The monoisotopic (exact) mass is 294 g/mol. The molecule has 0 aliphatic heterocycles. The van der Waals surface area contributed by atoms with Gasteiger partial charge in [0.1, 0.15) is 5.60 Å². The van der Waals surface area contributed by atoms with E-state index in [1.807, 2.05) is 0 Å². The molecule has 114 valence electrons. The highest BCUT2D eigenvalue weighted by molar-refractivity contribution is 6.43. The molecule has 1 aromatic carbocycles. The van der Waals surface area contributed by atoms with E-state index in [2.05, 4.69) is 10.5 Å². The van der Waals surface area contributed by atoms with Crippen LogP contribution in [0, 0.1) is 0 Å². The largest absolute Gasteiger partial charge is 0.476 e. The van der Waals surface area contributed by atoms with Crippen LogP contribution < -0.4 is 5.32 Å². The zero-order chi connectivity index (χ0) is 16.2. The van der Waals surface area contributed by atoms with Crippen LogP contribution in [0.1, 0.15) is 36.7 Å². The summed E-state index contributed by atoms with van der Waals surface area (Å²) in [6.45, 7) is 5.18. The number of esters is 1. The predicted octanol–water partition coefficient (Wildman–Crippen LogP) is 1.95. The molecule has 0 bridgehead atoms. The van der Waals surface area contributed by atoms with Crippen molar-refractivity contribution in [3.05, 3.63) is 29.3 Å². The molecule has 21 heavy (non-hydrogen) atoms. The molecule has 0 amide bonds. The molecule has 7 nitrogen and oxygen atoms in total. The van der Waals surface area contributed by atoms with E-state index in [-0.39, 0.29) is 16.8 Å². The van der Waals surface area contributed by atoms with Crippen LogP contribution in [0.15, 0.2) is 23.4 Å². The van der Waals surface area contributed by atoms with Gasteiger partial charge in [-0.15, -0.1) is 0 Å². The summed E-state index contributed by atoms with van der Waals surface area (Å²) in [5.74, 6) is -2.01. The lowest BCUT2D eigenvalue weighted by molar-refractivity contribution is -0.129. The van der Waals surface area contributed by atoms with E-state index in [1.165, 1.54) is 25.2 Å². The third kappa shape index (κ3) is 3.95. The maximum Gasteiger partial charge on any atom is 0.358 e. The van der Waals surface area contributed by atoms with Gasteiger partial charge in [-0.3, -0.25) is 0 Å². The Balaban J connectivity index is 3.37. The van der Waals surface area contributed by atoms with Gasteiger partial charge in [-0.25, -0.2) is 9.59 Å². The van der Waals surface area contributed by atoms with Crippen LogP contribution in [-0.4, -0.2) is 40.6 Å². The molecule has 0 aromatic heterocycles. The molecule has 0 aliphatic rings. The number of carboxylic acids is 1. The fraction of sp³-hybridized carbons (Fsp3) is 0.357. The summed E-state index contributed by atoms with van der Waals surface area (Å²) < 4.78 is 5.27. The number of para-hydroxylation sites is 1. The Kier molecular flexibility index (Phi) is 4.91. The number of anilines is 1. The van der Waals surface area contributed by atoms with Gasteiger partial charge >= 0.3 is 11.9 Å². The van der Waals surface area contributed by atoms with E-state index in [0.29, 0.717) is 0 Å². The third-order valence-corrected chi connectivity index (χ3v) is 2.49. The number of ether oxygens (including phenoxy) is 1. The smallest absolute Gasteiger partial charge is 0.358 e. The molecule has 0 heterocycles. The van der Waals surface area contributed by atoms with Gasteiger partial charge in [-0.1, -0.05) is 17.3 Å². The molecule has 0 fully saturated rings. The number of oxime groups is 1. The number of benzene rings is 1. The second-order valence-corrected chi connectivity index (χ2v) is 5.23. The van der Waals surface area contributed by atoms with Crippen LogP contribution in [0.3, 0.4) is 0 Å². The highest BCUT2D eigenvalue weighted by Gasteiger charge is 2.24. The summed E-state index contributed by atoms with van der Waals surface area (Å²) >= 11 is 0. The van der Waals surface area contributed by atoms with Gasteiger partial charge in [0.2, 0.25) is 0 Å². The van der Waals surface area contributed by atoms with Crippen LogP contribution in [0.2, 0.25) is 0 Å². The second kappa shape index (κ2) is 6.25. The fourth-order valence-corrected chi connectivity index (χ4v) is 1.73. The van der Waals surface area contributed by atoms with E-state index in [9.17, 15) is 9.59 Å². The molecule has 0 saturated carbocycles. The van der Waals surface area contributed by atoms with Crippen molar-refractivity contribution in [3.8, 4) is 0 Å². The summed E-state index contributed by atoms with van der Waals surface area (Å²) in [6, 6.07) is 4.42. The summed E-state index contributed by atoms with van der Waals surface area (Å²) in [4.78, 5) is 23.2. The highest BCUT2D eigenvalue weighted by atomic mass is 16.6. The number of carbonyl (C=O) groups excluding carboxylic acids is 1. The number of aliphatic carboxylic acids is 1. The molecule has 7 heteroatoms. The van der Waals surface area contributed by atoms with Gasteiger partial charge in [0, 0.05) is 12.6 Å². The summed E-state index contributed by atoms with van der Waals surface area (Å²) in [6.07, 6.45) is 0. The molecular weight excluding hydrogens is 276 g/mol. The summed E-state index contributed by atoms with van der Waals surface area (Å²) in [7, 11) is 1.53. The van der Waals surface area contributed by atoms with Gasteiger partial charge in [0.15, 0.2) is 5.71 Å². The molecule has 1 rings (SSSR count). The Labute approximate surface area is 122 Å². The van der Waals surface area contributed by atoms with E-state index < -0.39 is 23.3 Å². The summed E-state index contributed by atoms with van der Waals surface area (Å²) in [5, 5.41) is 23.4. The lowest BCUT2D eigenvalue weighted by Crippen LogP contribution is -2.25. The van der Waals surface area contributed by atoms with Crippen LogP contribution in [0.4, 0.5) is 5.69 Å². The van der Waals surface area contributed by atoms with E-state index in [4.69, 9.17) is 15.1 Å². The maximum absolute atomic E-state index is 12.2. The van der Waals surface area contributed by atoms with Gasteiger partial charge < -0.3 is 20.4 Å². The minimum absolute atomic E-state index is 0.0934. The SMILES string of the molecule is CNc1c(C(=O)OC(C)(C)C)cccc1C(=NO)C(=O)O. The van der Waals surface area contributed by atoms with Crippen molar-refractivity contribution in [3.63, 3.8) is 0 Å². The molecule has 0 atom stereocenters. The first-order valence-corrected chi connectivity index (χ1v) is 6.21. The van der Waals surface area contributed by atoms with Crippen molar-refractivity contribution in [2.75, 3.05) is 12.4 Å². The van der Waals surface area contributed by atoms with Crippen molar-refractivity contribution in [2.24, 2.45) is 5.16 Å².